The van der Waals surface area contributed by atoms with E-state index in [1.165, 1.54) is 4.88 Å². The summed E-state index contributed by atoms with van der Waals surface area (Å²) >= 11 is 1.71. The second-order valence-corrected chi connectivity index (χ2v) is 4.68. The lowest BCUT2D eigenvalue weighted by Crippen LogP contribution is -2.18. The minimum Gasteiger partial charge on any atom is -0.316 e. The van der Waals surface area contributed by atoms with Crippen molar-refractivity contribution in [3.63, 3.8) is 0 Å². The molecule has 0 aromatic carbocycles. The molecule has 0 fully saturated rings. The van der Waals surface area contributed by atoms with Crippen LogP contribution < -0.4 is 5.32 Å². The molecule has 1 heterocycles. The van der Waals surface area contributed by atoms with E-state index < -0.39 is 12.6 Å². The normalized spacial score (nSPS) is 11.9. The summed E-state index contributed by atoms with van der Waals surface area (Å²) in [6.07, 6.45) is -2.91. The molecule has 0 atom stereocenters. The van der Waals surface area contributed by atoms with Crippen molar-refractivity contribution in [1.82, 2.24) is 5.32 Å². The maximum absolute atomic E-state index is 11.8. The van der Waals surface area contributed by atoms with Crippen LogP contribution in [0.3, 0.4) is 0 Å². The number of hydrogen-bond donors (Lipinski definition) is 1. The Hall–Kier alpha value is -0.550. The van der Waals surface area contributed by atoms with Gasteiger partial charge in [-0.1, -0.05) is 6.07 Å². The van der Waals surface area contributed by atoms with E-state index in [0.717, 1.165) is 13.0 Å². The van der Waals surface area contributed by atoms with Crippen LogP contribution in [0.5, 0.6) is 0 Å². The van der Waals surface area contributed by atoms with Gasteiger partial charge < -0.3 is 5.32 Å². The molecular weight excluding hydrogens is 235 g/mol. The first-order valence-corrected chi connectivity index (χ1v) is 6.26. The van der Waals surface area contributed by atoms with Crippen LogP contribution in [0.4, 0.5) is 13.2 Å². The SMILES string of the molecule is FC(F)(F)CCCCNCCc1cccs1. The summed E-state index contributed by atoms with van der Waals surface area (Å²) < 4.78 is 35.4. The molecule has 0 spiro atoms. The maximum atomic E-state index is 11.8. The van der Waals surface area contributed by atoms with Gasteiger partial charge in [0.2, 0.25) is 0 Å². The summed E-state index contributed by atoms with van der Waals surface area (Å²) in [5.74, 6) is 0. The molecule has 0 saturated carbocycles. The fraction of sp³-hybridized carbons (Fsp3) is 0.636. The number of unbranched alkanes of at least 4 members (excludes halogenated alkanes) is 1. The Labute approximate surface area is 97.7 Å². The van der Waals surface area contributed by atoms with Crippen LogP contribution in [0, 0.1) is 0 Å². The Morgan fingerprint density at radius 3 is 2.62 bits per heavy atom. The first-order valence-electron chi connectivity index (χ1n) is 5.38. The lowest BCUT2D eigenvalue weighted by molar-refractivity contribution is -0.135. The van der Waals surface area contributed by atoms with Crippen molar-refractivity contribution in [2.24, 2.45) is 0 Å². The van der Waals surface area contributed by atoms with E-state index >= 15 is 0 Å². The molecule has 1 nitrogen and oxygen atoms in total. The number of alkyl halides is 3. The minimum absolute atomic E-state index is 0.218. The highest BCUT2D eigenvalue weighted by molar-refractivity contribution is 7.09. The Kier molecular flexibility index (Phi) is 5.84. The molecule has 0 amide bonds. The molecule has 16 heavy (non-hydrogen) atoms. The first-order chi connectivity index (χ1) is 7.58. The number of halogens is 3. The quantitative estimate of drug-likeness (QED) is 0.730. The molecule has 0 unspecified atom stereocenters. The Balaban J connectivity index is 1.89. The van der Waals surface area contributed by atoms with Gasteiger partial charge in [-0.2, -0.15) is 13.2 Å². The average molecular weight is 251 g/mol. The van der Waals surface area contributed by atoms with Gasteiger partial charge >= 0.3 is 6.18 Å². The van der Waals surface area contributed by atoms with Crippen LogP contribution >= 0.6 is 11.3 Å². The summed E-state index contributed by atoms with van der Waals surface area (Å²) in [6.45, 7) is 1.51. The summed E-state index contributed by atoms with van der Waals surface area (Å²) in [4.78, 5) is 1.31. The molecular formula is C11H16F3NS. The number of rotatable bonds is 7. The molecule has 92 valence electrons. The molecule has 1 rings (SSSR count). The molecule has 0 saturated heterocycles. The lowest BCUT2D eigenvalue weighted by Gasteiger charge is -2.06. The van der Waals surface area contributed by atoms with Gasteiger partial charge in [-0.05, 0) is 43.8 Å². The van der Waals surface area contributed by atoms with Crippen molar-refractivity contribution in [1.29, 1.82) is 0 Å². The largest absolute Gasteiger partial charge is 0.389 e. The van der Waals surface area contributed by atoms with Crippen LogP contribution in [-0.4, -0.2) is 19.3 Å². The van der Waals surface area contributed by atoms with Crippen LogP contribution in [0.2, 0.25) is 0 Å². The van der Waals surface area contributed by atoms with Crippen molar-refractivity contribution in [2.75, 3.05) is 13.1 Å². The van der Waals surface area contributed by atoms with Crippen LogP contribution in [0.1, 0.15) is 24.1 Å². The van der Waals surface area contributed by atoms with Crippen molar-refractivity contribution in [2.45, 2.75) is 31.9 Å². The summed E-state index contributed by atoms with van der Waals surface area (Å²) in [5.41, 5.74) is 0. The van der Waals surface area contributed by atoms with Gasteiger partial charge in [-0.15, -0.1) is 11.3 Å². The third-order valence-electron chi connectivity index (χ3n) is 2.19. The molecule has 0 bridgehead atoms. The van der Waals surface area contributed by atoms with Gasteiger partial charge in [0.15, 0.2) is 0 Å². The number of thiophene rings is 1. The fourth-order valence-corrected chi connectivity index (χ4v) is 2.08. The van der Waals surface area contributed by atoms with E-state index in [2.05, 4.69) is 11.4 Å². The predicted molar refractivity (Wildman–Crippen MR) is 60.8 cm³/mol. The van der Waals surface area contributed by atoms with Gasteiger partial charge in [0.1, 0.15) is 0 Å². The predicted octanol–water partition coefficient (Wildman–Crippen LogP) is 3.61. The number of nitrogens with one attached hydrogen (secondary N) is 1. The van der Waals surface area contributed by atoms with Crippen molar-refractivity contribution in [3.05, 3.63) is 22.4 Å². The maximum Gasteiger partial charge on any atom is 0.389 e. The molecule has 0 aliphatic rings. The van der Waals surface area contributed by atoms with Crippen LogP contribution in [0.15, 0.2) is 17.5 Å². The van der Waals surface area contributed by atoms with Crippen molar-refractivity contribution < 1.29 is 13.2 Å². The van der Waals surface area contributed by atoms with E-state index in [4.69, 9.17) is 0 Å². The van der Waals surface area contributed by atoms with Gasteiger partial charge in [0.05, 0.1) is 0 Å². The molecule has 0 aliphatic carbocycles. The second kappa shape index (κ2) is 6.91. The zero-order chi connectivity index (χ0) is 11.9. The van der Waals surface area contributed by atoms with E-state index in [9.17, 15) is 13.2 Å². The molecule has 0 aliphatic heterocycles. The standard InChI is InChI=1S/C11H16F3NS/c12-11(13,14)6-1-2-7-15-8-5-10-4-3-9-16-10/h3-4,9,15H,1-2,5-8H2. The van der Waals surface area contributed by atoms with Crippen molar-refractivity contribution in [3.8, 4) is 0 Å². The van der Waals surface area contributed by atoms with Gasteiger partial charge in [-0.25, -0.2) is 0 Å². The third kappa shape index (κ3) is 6.85. The third-order valence-corrected chi connectivity index (χ3v) is 3.13. The van der Waals surface area contributed by atoms with E-state index in [1.807, 2.05) is 11.4 Å². The highest BCUT2D eigenvalue weighted by Gasteiger charge is 2.25. The topological polar surface area (TPSA) is 12.0 Å². The van der Waals surface area contributed by atoms with E-state index in [0.29, 0.717) is 13.0 Å². The van der Waals surface area contributed by atoms with Crippen LogP contribution in [-0.2, 0) is 6.42 Å². The monoisotopic (exact) mass is 251 g/mol. The lowest BCUT2D eigenvalue weighted by atomic mass is 10.2. The molecule has 0 radical (unpaired) electrons. The average Bonchev–Trinajstić information content (AvgIpc) is 2.67. The van der Waals surface area contributed by atoms with E-state index in [-0.39, 0.29) is 6.42 Å². The Morgan fingerprint density at radius 2 is 2.00 bits per heavy atom. The minimum atomic E-state index is -4.00. The summed E-state index contributed by atoms with van der Waals surface area (Å²) in [6, 6.07) is 4.07. The molecule has 1 aromatic heterocycles. The molecule has 5 heteroatoms. The first kappa shape index (κ1) is 13.5. The van der Waals surface area contributed by atoms with Crippen molar-refractivity contribution >= 4 is 11.3 Å². The molecule has 1 aromatic rings. The smallest absolute Gasteiger partial charge is 0.316 e. The zero-order valence-electron chi connectivity index (χ0n) is 9.02. The Bertz CT molecular complexity index is 269. The molecule has 1 N–H and O–H groups in total. The van der Waals surface area contributed by atoms with Gasteiger partial charge in [-0.3, -0.25) is 0 Å². The second-order valence-electron chi connectivity index (χ2n) is 3.65. The fourth-order valence-electron chi connectivity index (χ4n) is 1.37. The van der Waals surface area contributed by atoms with Gasteiger partial charge in [0, 0.05) is 11.3 Å². The Morgan fingerprint density at radius 1 is 1.19 bits per heavy atom. The van der Waals surface area contributed by atoms with E-state index in [1.54, 1.807) is 11.3 Å². The summed E-state index contributed by atoms with van der Waals surface area (Å²) in [5, 5.41) is 5.18. The van der Waals surface area contributed by atoms with Gasteiger partial charge in [0.25, 0.3) is 0 Å². The highest BCUT2D eigenvalue weighted by atomic mass is 32.1. The highest BCUT2D eigenvalue weighted by Crippen LogP contribution is 2.21. The number of hydrogen-bond acceptors (Lipinski definition) is 2. The van der Waals surface area contributed by atoms with Crippen LogP contribution in [0.25, 0.3) is 0 Å². The zero-order valence-corrected chi connectivity index (χ0v) is 9.83. The summed E-state index contributed by atoms with van der Waals surface area (Å²) in [7, 11) is 0.